The number of thiophene rings is 1. The summed E-state index contributed by atoms with van der Waals surface area (Å²) in [7, 11) is 0. The first-order chi connectivity index (χ1) is 12.2. The Morgan fingerprint density at radius 2 is 1.73 bits per heavy atom. The van der Waals surface area contributed by atoms with Gasteiger partial charge in [0.2, 0.25) is 0 Å². The molecule has 0 spiro atoms. The molecule has 1 aromatic rings. The van der Waals surface area contributed by atoms with Crippen molar-refractivity contribution in [2.24, 2.45) is 0 Å². The zero-order valence-corrected chi connectivity index (χ0v) is 14.6. The molecule has 0 N–H and O–H groups in total. The molecule has 1 aliphatic rings. The first-order valence-electron chi connectivity index (χ1n) is 8.15. The summed E-state index contributed by atoms with van der Waals surface area (Å²) in [4.78, 5) is 11.5. The van der Waals surface area contributed by atoms with Gasteiger partial charge in [0.25, 0.3) is 0 Å². The molecule has 4 nitrogen and oxygen atoms in total. The summed E-state index contributed by atoms with van der Waals surface area (Å²) < 4.78 is 78.8. The average molecular weight is 402 g/mol. The highest BCUT2D eigenvalue weighted by Gasteiger charge is 2.40. The van der Waals surface area contributed by atoms with E-state index in [1.165, 1.54) is 11.3 Å². The minimum Gasteiger partial charge on any atom is -0.485 e. The van der Waals surface area contributed by atoms with Gasteiger partial charge in [-0.2, -0.15) is 22.0 Å². The van der Waals surface area contributed by atoms with E-state index < -0.39 is 37.0 Å². The van der Waals surface area contributed by atoms with Crippen molar-refractivity contribution in [3.63, 3.8) is 0 Å². The molecule has 148 valence electrons. The lowest BCUT2D eigenvalue weighted by molar-refractivity contribution is -0.176. The third kappa shape index (κ3) is 6.62. The highest BCUT2D eigenvalue weighted by Crippen LogP contribution is 2.35. The maximum absolute atomic E-state index is 13.7. The average Bonchev–Trinajstić information content (AvgIpc) is 3.02. The van der Waals surface area contributed by atoms with Gasteiger partial charge in [0.05, 0.1) is 0 Å². The van der Waals surface area contributed by atoms with Crippen molar-refractivity contribution in [1.82, 2.24) is 0 Å². The Labute approximate surface area is 151 Å². The van der Waals surface area contributed by atoms with Gasteiger partial charge in [-0.05, 0) is 12.8 Å². The summed E-state index contributed by atoms with van der Waals surface area (Å²) in [6.45, 7) is -0.281. The molecule has 1 aromatic heterocycles. The third-order valence-electron chi connectivity index (χ3n) is 3.71. The monoisotopic (exact) mass is 402 g/mol. The Morgan fingerprint density at radius 1 is 1.08 bits per heavy atom. The molecule has 1 atom stereocenters. The number of fused-ring (bicyclic) bond motifs is 1. The van der Waals surface area contributed by atoms with Crippen LogP contribution in [0.2, 0.25) is 0 Å². The standard InChI is InChI=1S/C16H19F5O4S/c17-15(18,5-3-1-2-4-6-16(19,20)21)14(22)24-8-11-7-23-12-9-26-10-13(12)25-11/h9-11H,1-8H2. The van der Waals surface area contributed by atoms with Crippen LogP contribution in [0.1, 0.15) is 38.5 Å². The van der Waals surface area contributed by atoms with Crippen LogP contribution in [0.25, 0.3) is 0 Å². The molecule has 0 radical (unpaired) electrons. The number of esters is 1. The fourth-order valence-electron chi connectivity index (χ4n) is 2.35. The predicted molar refractivity (Wildman–Crippen MR) is 83.9 cm³/mol. The minimum absolute atomic E-state index is 0.0543. The first kappa shape index (κ1) is 20.7. The summed E-state index contributed by atoms with van der Waals surface area (Å²) >= 11 is 1.36. The lowest BCUT2D eigenvalue weighted by Crippen LogP contribution is -2.38. The van der Waals surface area contributed by atoms with Crippen LogP contribution in [0.3, 0.4) is 0 Å². The van der Waals surface area contributed by atoms with E-state index in [1.807, 2.05) is 0 Å². The number of rotatable bonds is 9. The van der Waals surface area contributed by atoms with Crippen molar-refractivity contribution in [3.05, 3.63) is 10.8 Å². The second kappa shape index (κ2) is 8.88. The molecular formula is C16H19F5O4S. The smallest absolute Gasteiger partial charge is 0.389 e. The molecule has 2 rings (SSSR count). The van der Waals surface area contributed by atoms with Gasteiger partial charge in [-0.25, -0.2) is 4.79 Å². The zero-order chi connectivity index (χ0) is 19.2. The van der Waals surface area contributed by atoms with Crippen molar-refractivity contribution in [1.29, 1.82) is 0 Å². The lowest BCUT2D eigenvalue weighted by atomic mass is 10.1. The molecule has 10 heteroatoms. The molecule has 0 amide bonds. The topological polar surface area (TPSA) is 44.8 Å². The molecule has 2 heterocycles. The number of hydrogen-bond acceptors (Lipinski definition) is 5. The van der Waals surface area contributed by atoms with Gasteiger partial charge in [-0.15, -0.1) is 11.3 Å². The van der Waals surface area contributed by atoms with Crippen LogP contribution in [-0.4, -0.2) is 37.4 Å². The molecule has 0 saturated carbocycles. The van der Waals surface area contributed by atoms with Gasteiger partial charge >= 0.3 is 18.1 Å². The van der Waals surface area contributed by atoms with E-state index in [0.29, 0.717) is 11.5 Å². The van der Waals surface area contributed by atoms with Crippen LogP contribution in [0.4, 0.5) is 22.0 Å². The van der Waals surface area contributed by atoms with Crippen molar-refractivity contribution in [2.45, 2.75) is 56.7 Å². The van der Waals surface area contributed by atoms with Crippen molar-refractivity contribution < 1.29 is 41.0 Å². The van der Waals surface area contributed by atoms with E-state index >= 15 is 0 Å². The van der Waals surface area contributed by atoms with Gasteiger partial charge in [-0.1, -0.05) is 12.8 Å². The van der Waals surface area contributed by atoms with E-state index in [9.17, 15) is 26.7 Å². The summed E-state index contributed by atoms with van der Waals surface area (Å²) in [6, 6.07) is 0. The molecule has 0 aromatic carbocycles. The van der Waals surface area contributed by atoms with Crippen molar-refractivity contribution in [2.75, 3.05) is 13.2 Å². The molecule has 1 aliphatic heterocycles. The highest BCUT2D eigenvalue weighted by atomic mass is 32.1. The van der Waals surface area contributed by atoms with Crippen LogP contribution in [-0.2, 0) is 9.53 Å². The maximum Gasteiger partial charge on any atom is 0.389 e. The van der Waals surface area contributed by atoms with Crippen molar-refractivity contribution >= 4 is 17.3 Å². The molecule has 26 heavy (non-hydrogen) atoms. The zero-order valence-electron chi connectivity index (χ0n) is 13.8. The second-order valence-electron chi connectivity index (χ2n) is 5.98. The minimum atomic E-state index is -4.23. The van der Waals surface area contributed by atoms with E-state index in [2.05, 4.69) is 4.74 Å². The Hall–Kier alpha value is -1.58. The number of unbranched alkanes of at least 4 members (excludes halogenated alkanes) is 3. The molecule has 0 bridgehead atoms. The third-order valence-corrected chi connectivity index (χ3v) is 4.41. The SMILES string of the molecule is O=C(OCC1COc2cscc2O1)C(F)(F)CCCCCCC(F)(F)F. The molecule has 0 aliphatic carbocycles. The van der Waals surface area contributed by atoms with E-state index in [-0.39, 0.29) is 38.9 Å². The quantitative estimate of drug-likeness (QED) is 0.332. The largest absolute Gasteiger partial charge is 0.485 e. The summed E-state index contributed by atoms with van der Waals surface area (Å²) in [5, 5.41) is 3.43. The normalized spacial score (nSPS) is 17.2. The number of carbonyl (C=O) groups excluding carboxylic acids is 1. The van der Waals surface area contributed by atoms with E-state index in [1.54, 1.807) is 10.8 Å². The molecule has 0 saturated heterocycles. The Morgan fingerprint density at radius 3 is 2.42 bits per heavy atom. The van der Waals surface area contributed by atoms with Gasteiger partial charge in [0.15, 0.2) is 17.6 Å². The number of halogens is 5. The van der Waals surface area contributed by atoms with Crippen LogP contribution in [0, 0.1) is 0 Å². The van der Waals surface area contributed by atoms with Gasteiger partial charge in [0.1, 0.15) is 13.2 Å². The fourth-order valence-corrected chi connectivity index (χ4v) is 3.02. The van der Waals surface area contributed by atoms with E-state index in [4.69, 9.17) is 9.47 Å². The van der Waals surface area contributed by atoms with E-state index in [0.717, 1.165) is 0 Å². The van der Waals surface area contributed by atoms with Crippen LogP contribution in [0.15, 0.2) is 10.8 Å². The van der Waals surface area contributed by atoms with Gasteiger partial charge in [-0.3, -0.25) is 0 Å². The Balaban J connectivity index is 1.63. The predicted octanol–water partition coefficient (Wildman–Crippen LogP) is 4.97. The first-order valence-corrected chi connectivity index (χ1v) is 9.09. The highest BCUT2D eigenvalue weighted by molar-refractivity contribution is 7.08. The lowest BCUT2D eigenvalue weighted by Gasteiger charge is -2.24. The number of ether oxygens (including phenoxy) is 3. The fraction of sp³-hybridized carbons (Fsp3) is 0.688. The molecule has 1 unspecified atom stereocenters. The van der Waals surface area contributed by atoms with Crippen LogP contribution in [0.5, 0.6) is 11.5 Å². The number of hydrogen-bond donors (Lipinski definition) is 0. The summed E-state index contributed by atoms with van der Waals surface area (Å²) in [5.41, 5.74) is 0. The summed E-state index contributed by atoms with van der Waals surface area (Å²) in [6.07, 6.45) is -6.37. The van der Waals surface area contributed by atoms with Gasteiger partial charge in [0, 0.05) is 23.6 Å². The number of alkyl halides is 5. The Bertz CT molecular complexity index is 587. The van der Waals surface area contributed by atoms with Gasteiger partial charge < -0.3 is 14.2 Å². The molecule has 0 fully saturated rings. The second-order valence-corrected chi connectivity index (χ2v) is 6.73. The van der Waals surface area contributed by atoms with Crippen LogP contribution >= 0.6 is 11.3 Å². The van der Waals surface area contributed by atoms with Crippen molar-refractivity contribution in [3.8, 4) is 11.5 Å². The Kier molecular flexibility index (Phi) is 7.08. The number of carbonyl (C=O) groups is 1. The summed E-state index contributed by atoms with van der Waals surface area (Å²) in [5.74, 6) is -4.29. The maximum atomic E-state index is 13.7. The van der Waals surface area contributed by atoms with Crippen LogP contribution < -0.4 is 9.47 Å². The molecular weight excluding hydrogens is 383 g/mol.